The standard InChI is InChI=1S/C23H16FNO2S/c24-17-9-13-19(14-10-17)27-18-11-7-16(8-12-18)23(26)25-21-5-2-1-4-20(21)22-6-3-15-28-22/h1-15H,(H,25,26). The molecular formula is C23H16FNO2S. The molecule has 0 bridgehead atoms. The SMILES string of the molecule is O=C(Nc1ccccc1-c1cccs1)c1ccc(Oc2ccc(F)cc2)cc1. The number of thiophene rings is 1. The van der Waals surface area contributed by atoms with Gasteiger partial charge in [-0.1, -0.05) is 24.3 Å². The Hall–Kier alpha value is -3.44. The molecule has 1 aromatic heterocycles. The van der Waals surface area contributed by atoms with Gasteiger partial charge < -0.3 is 10.1 Å². The van der Waals surface area contributed by atoms with Gasteiger partial charge in [0.25, 0.3) is 5.91 Å². The zero-order chi connectivity index (χ0) is 19.3. The summed E-state index contributed by atoms with van der Waals surface area (Å²) in [6.07, 6.45) is 0. The van der Waals surface area contributed by atoms with Gasteiger partial charge in [0.2, 0.25) is 0 Å². The van der Waals surface area contributed by atoms with Crippen LogP contribution in [0.2, 0.25) is 0 Å². The highest BCUT2D eigenvalue weighted by atomic mass is 32.1. The Balaban J connectivity index is 1.48. The van der Waals surface area contributed by atoms with Gasteiger partial charge in [0.05, 0.1) is 0 Å². The van der Waals surface area contributed by atoms with Crippen molar-refractivity contribution in [2.24, 2.45) is 0 Å². The molecule has 0 aliphatic carbocycles. The van der Waals surface area contributed by atoms with E-state index in [-0.39, 0.29) is 11.7 Å². The number of benzene rings is 3. The van der Waals surface area contributed by atoms with E-state index in [1.54, 1.807) is 47.7 Å². The molecule has 0 aliphatic heterocycles. The fourth-order valence-corrected chi connectivity index (χ4v) is 3.51. The lowest BCUT2D eigenvalue weighted by Crippen LogP contribution is -2.12. The van der Waals surface area contributed by atoms with Crippen molar-refractivity contribution in [1.29, 1.82) is 0 Å². The van der Waals surface area contributed by atoms with Gasteiger partial charge >= 0.3 is 0 Å². The minimum absolute atomic E-state index is 0.197. The minimum Gasteiger partial charge on any atom is -0.457 e. The van der Waals surface area contributed by atoms with Crippen LogP contribution in [0.5, 0.6) is 11.5 Å². The number of para-hydroxylation sites is 1. The zero-order valence-corrected chi connectivity index (χ0v) is 15.6. The quantitative estimate of drug-likeness (QED) is 0.418. The second kappa shape index (κ2) is 8.06. The molecule has 0 radical (unpaired) electrons. The smallest absolute Gasteiger partial charge is 0.255 e. The van der Waals surface area contributed by atoms with Crippen LogP contribution in [0.3, 0.4) is 0 Å². The van der Waals surface area contributed by atoms with Crippen molar-refractivity contribution in [3.05, 3.63) is 102 Å². The van der Waals surface area contributed by atoms with Crippen LogP contribution in [-0.4, -0.2) is 5.91 Å². The summed E-state index contributed by atoms with van der Waals surface area (Å²) in [7, 11) is 0. The monoisotopic (exact) mass is 389 g/mol. The Morgan fingerprint density at radius 3 is 2.18 bits per heavy atom. The number of anilines is 1. The van der Waals surface area contributed by atoms with E-state index in [0.717, 1.165) is 16.1 Å². The van der Waals surface area contributed by atoms with Gasteiger partial charge in [-0.2, -0.15) is 0 Å². The van der Waals surface area contributed by atoms with E-state index in [0.29, 0.717) is 17.1 Å². The average Bonchev–Trinajstić information content (AvgIpc) is 3.25. The van der Waals surface area contributed by atoms with Gasteiger partial charge in [0, 0.05) is 21.7 Å². The largest absolute Gasteiger partial charge is 0.457 e. The summed E-state index contributed by atoms with van der Waals surface area (Å²) in [5.74, 6) is 0.588. The van der Waals surface area contributed by atoms with Crippen LogP contribution in [0, 0.1) is 5.82 Å². The first-order chi connectivity index (χ1) is 13.7. The maximum absolute atomic E-state index is 13.0. The third-order valence-electron chi connectivity index (χ3n) is 4.13. The van der Waals surface area contributed by atoms with Crippen LogP contribution in [0.25, 0.3) is 10.4 Å². The number of nitrogens with one attached hydrogen (secondary N) is 1. The fraction of sp³-hybridized carbons (Fsp3) is 0. The van der Waals surface area contributed by atoms with Gasteiger partial charge in [-0.25, -0.2) is 4.39 Å². The zero-order valence-electron chi connectivity index (χ0n) is 14.8. The first-order valence-electron chi connectivity index (χ1n) is 8.67. The van der Waals surface area contributed by atoms with E-state index in [2.05, 4.69) is 5.32 Å². The first-order valence-corrected chi connectivity index (χ1v) is 9.55. The van der Waals surface area contributed by atoms with Crippen molar-refractivity contribution in [1.82, 2.24) is 0 Å². The molecule has 1 amide bonds. The second-order valence-electron chi connectivity index (χ2n) is 6.06. The summed E-state index contributed by atoms with van der Waals surface area (Å²) in [5, 5.41) is 4.98. The van der Waals surface area contributed by atoms with Crippen molar-refractivity contribution in [3.8, 4) is 21.9 Å². The van der Waals surface area contributed by atoms with E-state index in [9.17, 15) is 9.18 Å². The molecule has 0 spiro atoms. The predicted octanol–water partition coefficient (Wildman–Crippen LogP) is 6.60. The molecule has 0 saturated carbocycles. The molecule has 4 rings (SSSR count). The molecule has 0 fully saturated rings. The van der Waals surface area contributed by atoms with E-state index in [4.69, 9.17) is 4.74 Å². The van der Waals surface area contributed by atoms with E-state index in [1.165, 1.54) is 12.1 Å². The van der Waals surface area contributed by atoms with Crippen LogP contribution < -0.4 is 10.1 Å². The summed E-state index contributed by atoms with van der Waals surface area (Å²) in [5.41, 5.74) is 2.27. The van der Waals surface area contributed by atoms with Gasteiger partial charge in [-0.05, 0) is 66.0 Å². The predicted molar refractivity (Wildman–Crippen MR) is 111 cm³/mol. The Labute approximate surface area is 166 Å². The van der Waals surface area contributed by atoms with E-state index >= 15 is 0 Å². The summed E-state index contributed by atoms with van der Waals surface area (Å²) in [6, 6.07) is 24.3. The molecule has 0 unspecified atom stereocenters. The number of hydrogen-bond acceptors (Lipinski definition) is 3. The molecule has 5 heteroatoms. The Kier molecular flexibility index (Phi) is 5.17. The van der Waals surface area contributed by atoms with Crippen LogP contribution in [0.1, 0.15) is 10.4 Å². The van der Waals surface area contributed by atoms with Crippen molar-refractivity contribution >= 4 is 22.9 Å². The third kappa shape index (κ3) is 4.10. The molecule has 28 heavy (non-hydrogen) atoms. The molecule has 138 valence electrons. The highest BCUT2D eigenvalue weighted by molar-refractivity contribution is 7.13. The lowest BCUT2D eigenvalue weighted by molar-refractivity contribution is 0.102. The number of hydrogen-bond donors (Lipinski definition) is 1. The normalized spacial score (nSPS) is 10.5. The molecular weight excluding hydrogens is 373 g/mol. The van der Waals surface area contributed by atoms with Crippen LogP contribution in [0.15, 0.2) is 90.3 Å². The Morgan fingerprint density at radius 1 is 0.821 bits per heavy atom. The van der Waals surface area contributed by atoms with Crippen molar-refractivity contribution in [2.45, 2.75) is 0 Å². The van der Waals surface area contributed by atoms with Crippen LogP contribution in [-0.2, 0) is 0 Å². The number of carbonyl (C=O) groups excluding carboxylic acids is 1. The Morgan fingerprint density at radius 2 is 1.50 bits per heavy atom. The minimum atomic E-state index is -0.317. The molecule has 0 atom stereocenters. The van der Waals surface area contributed by atoms with Gasteiger partial charge in [-0.15, -0.1) is 11.3 Å². The maximum Gasteiger partial charge on any atom is 0.255 e. The maximum atomic E-state index is 13.0. The topological polar surface area (TPSA) is 38.3 Å². The van der Waals surface area contributed by atoms with Gasteiger partial charge in [0.15, 0.2) is 0 Å². The summed E-state index contributed by atoms with van der Waals surface area (Å²) < 4.78 is 18.6. The highest BCUT2D eigenvalue weighted by Gasteiger charge is 2.11. The summed E-state index contributed by atoms with van der Waals surface area (Å²) in [4.78, 5) is 13.7. The molecule has 4 aromatic rings. The molecule has 3 nitrogen and oxygen atoms in total. The number of ether oxygens (including phenoxy) is 1. The van der Waals surface area contributed by atoms with Crippen molar-refractivity contribution in [2.75, 3.05) is 5.32 Å². The lowest BCUT2D eigenvalue weighted by atomic mass is 10.1. The number of rotatable bonds is 5. The van der Waals surface area contributed by atoms with Gasteiger partial charge in [-0.3, -0.25) is 4.79 Å². The van der Waals surface area contributed by atoms with E-state index in [1.807, 2.05) is 41.8 Å². The highest BCUT2D eigenvalue weighted by Crippen LogP contribution is 2.31. The molecule has 0 aliphatic rings. The van der Waals surface area contributed by atoms with E-state index < -0.39 is 0 Å². The summed E-state index contributed by atoms with van der Waals surface area (Å²) >= 11 is 1.63. The molecule has 3 aromatic carbocycles. The fourth-order valence-electron chi connectivity index (χ4n) is 2.75. The van der Waals surface area contributed by atoms with Gasteiger partial charge in [0.1, 0.15) is 17.3 Å². The lowest BCUT2D eigenvalue weighted by Gasteiger charge is -2.11. The molecule has 1 N–H and O–H groups in total. The Bertz CT molecular complexity index is 1070. The van der Waals surface area contributed by atoms with Crippen molar-refractivity contribution < 1.29 is 13.9 Å². The number of carbonyl (C=O) groups is 1. The molecule has 1 heterocycles. The molecule has 0 saturated heterocycles. The third-order valence-corrected chi connectivity index (χ3v) is 5.03. The first kappa shape index (κ1) is 17.9. The van der Waals surface area contributed by atoms with Crippen molar-refractivity contribution in [3.63, 3.8) is 0 Å². The van der Waals surface area contributed by atoms with Crippen LogP contribution >= 0.6 is 11.3 Å². The second-order valence-corrected chi connectivity index (χ2v) is 7.01. The summed E-state index contributed by atoms with van der Waals surface area (Å²) in [6.45, 7) is 0. The average molecular weight is 389 g/mol. The number of amides is 1. The van der Waals surface area contributed by atoms with Crippen LogP contribution in [0.4, 0.5) is 10.1 Å². The number of halogens is 1.